The van der Waals surface area contributed by atoms with Crippen LogP contribution >= 0.6 is 0 Å². The Morgan fingerprint density at radius 2 is 2.10 bits per heavy atom. The van der Waals surface area contributed by atoms with Gasteiger partial charge in [-0.05, 0) is 0 Å². The van der Waals surface area contributed by atoms with E-state index < -0.39 is 5.09 Å². The first-order valence-corrected chi connectivity index (χ1v) is 2.42. The van der Waals surface area contributed by atoms with Crippen LogP contribution in [-0.4, -0.2) is 10.1 Å². The van der Waals surface area contributed by atoms with Crippen LogP contribution in [0.3, 0.4) is 0 Å². The van der Waals surface area contributed by atoms with Crippen molar-refractivity contribution < 1.29 is 9.65 Å². The number of aromatic amines is 1. The van der Waals surface area contributed by atoms with Gasteiger partial charge >= 0.3 is 0 Å². The third-order valence-corrected chi connectivity index (χ3v) is 0.684. The van der Waals surface area contributed by atoms with Gasteiger partial charge in [0.05, 0.1) is 12.1 Å². The van der Waals surface area contributed by atoms with Gasteiger partial charge in [-0.15, -0.1) is 0 Å². The van der Waals surface area contributed by atoms with Crippen molar-refractivity contribution in [2.24, 2.45) is 7.05 Å². The topological polar surface area (TPSA) is 85.9 Å². The molecule has 0 bridgehead atoms. The van der Waals surface area contributed by atoms with Gasteiger partial charge in [-0.25, -0.2) is 4.57 Å². The summed E-state index contributed by atoms with van der Waals surface area (Å²) in [5.41, 5.74) is 0. The van der Waals surface area contributed by atoms with Gasteiger partial charge in [-0.2, -0.15) is 0 Å². The molecule has 0 saturated carbocycles. The van der Waals surface area contributed by atoms with Crippen LogP contribution in [0.15, 0.2) is 18.7 Å². The van der Waals surface area contributed by atoms with Crippen molar-refractivity contribution >= 4 is 0 Å². The van der Waals surface area contributed by atoms with Crippen LogP contribution < -0.4 is 4.57 Å². The molecule has 1 N–H and O–H groups in total. The maximum atomic E-state index is 8.25. The average molecular weight is 145 g/mol. The molecular weight excluding hydrogens is 138 g/mol. The zero-order valence-electron chi connectivity index (χ0n) is 5.35. The third-order valence-electron chi connectivity index (χ3n) is 0.684. The summed E-state index contributed by atoms with van der Waals surface area (Å²) in [6, 6.07) is 0. The number of imidazole rings is 1. The summed E-state index contributed by atoms with van der Waals surface area (Å²) >= 11 is 0. The van der Waals surface area contributed by atoms with Gasteiger partial charge in [-0.3, -0.25) is 4.98 Å². The second-order valence-electron chi connectivity index (χ2n) is 1.50. The summed E-state index contributed by atoms with van der Waals surface area (Å²) in [7, 11) is 1.97. The van der Waals surface area contributed by atoms with E-state index in [1.54, 1.807) is 0 Å². The quantitative estimate of drug-likeness (QED) is 0.306. The van der Waals surface area contributed by atoms with Crippen LogP contribution in [0.5, 0.6) is 0 Å². The van der Waals surface area contributed by atoms with E-state index in [-0.39, 0.29) is 0 Å². The number of rotatable bonds is 0. The van der Waals surface area contributed by atoms with Gasteiger partial charge in [0, 0.05) is 0 Å². The van der Waals surface area contributed by atoms with Crippen LogP contribution in [-0.2, 0) is 7.05 Å². The summed E-state index contributed by atoms with van der Waals surface area (Å²) in [5.74, 6) is 0. The molecule has 1 aromatic heterocycles. The summed E-state index contributed by atoms with van der Waals surface area (Å²) < 4.78 is 1.94. The Labute approximate surface area is 56.8 Å². The van der Waals surface area contributed by atoms with Gasteiger partial charge in [0.1, 0.15) is 12.4 Å². The molecule has 0 aliphatic rings. The number of aromatic nitrogens is 2. The summed E-state index contributed by atoms with van der Waals surface area (Å²) in [6.07, 6.45) is 5.69. The molecule has 10 heavy (non-hydrogen) atoms. The van der Waals surface area contributed by atoms with Crippen molar-refractivity contribution in [2.75, 3.05) is 0 Å². The van der Waals surface area contributed by atoms with Crippen LogP contribution in [0.2, 0.25) is 0 Å². The number of H-pyrrole nitrogens is 1. The Morgan fingerprint density at radius 3 is 2.20 bits per heavy atom. The molecular formula is C4H7N3O3. The zero-order valence-corrected chi connectivity index (χ0v) is 5.35. The van der Waals surface area contributed by atoms with Crippen LogP contribution in [0.4, 0.5) is 0 Å². The Kier molecular flexibility index (Phi) is 3.62. The SMILES string of the molecule is C[n+]1cc[nH]c1.O=[N+]([O-])[O-]. The number of hydrogen-bond donors (Lipinski definition) is 1. The van der Waals surface area contributed by atoms with Gasteiger partial charge in [0.15, 0.2) is 0 Å². The maximum absolute atomic E-state index is 8.25. The Hall–Kier alpha value is -1.59. The van der Waals surface area contributed by atoms with E-state index in [1.165, 1.54) is 0 Å². The number of nitrogens with one attached hydrogen (secondary N) is 1. The lowest BCUT2D eigenvalue weighted by Crippen LogP contribution is -2.22. The van der Waals surface area contributed by atoms with Crippen LogP contribution in [0, 0.1) is 15.3 Å². The lowest BCUT2D eigenvalue weighted by Gasteiger charge is -1.74. The normalized spacial score (nSPS) is 7.70. The predicted octanol–water partition coefficient (Wildman–Crippen LogP) is -0.400. The van der Waals surface area contributed by atoms with Crippen molar-refractivity contribution in [3.8, 4) is 0 Å². The molecule has 1 aromatic rings. The summed E-state index contributed by atoms with van der Waals surface area (Å²) in [5, 5.41) is 14.8. The molecule has 0 unspecified atom stereocenters. The molecule has 56 valence electrons. The minimum Gasteiger partial charge on any atom is -0.356 e. The standard InChI is InChI=1S/C4H6N2.NO3/c1-6-3-2-5-4-6;2-1(3)4/h2-4H,1H3;/q;-1/p+1. The third kappa shape index (κ3) is 6.41. The van der Waals surface area contributed by atoms with Crippen LogP contribution in [0.25, 0.3) is 0 Å². The van der Waals surface area contributed by atoms with E-state index in [4.69, 9.17) is 15.3 Å². The number of aryl methyl sites for hydroxylation is 1. The van der Waals surface area contributed by atoms with Crippen molar-refractivity contribution in [2.45, 2.75) is 0 Å². The minimum absolute atomic E-state index is 1.75. The molecule has 6 nitrogen and oxygen atoms in total. The molecule has 0 saturated heterocycles. The van der Waals surface area contributed by atoms with E-state index in [9.17, 15) is 0 Å². The monoisotopic (exact) mass is 145 g/mol. The Morgan fingerprint density at radius 1 is 1.60 bits per heavy atom. The molecule has 0 aliphatic carbocycles. The van der Waals surface area contributed by atoms with Gasteiger partial charge < -0.3 is 15.3 Å². The Bertz CT molecular complexity index is 180. The molecule has 0 aliphatic heterocycles. The minimum atomic E-state index is -1.75. The zero-order chi connectivity index (χ0) is 7.98. The second kappa shape index (κ2) is 4.30. The molecule has 0 aromatic carbocycles. The first-order chi connectivity index (χ1) is 4.63. The number of hydrogen-bond acceptors (Lipinski definition) is 3. The molecule has 0 amide bonds. The van der Waals surface area contributed by atoms with Crippen molar-refractivity contribution in [3.05, 3.63) is 34.0 Å². The van der Waals surface area contributed by atoms with E-state index in [1.807, 2.05) is 30.3 Å². The fraction of sp³-hybridized carbons (Fsp3) is 0.250. The fourth-order valence-electron chi connectivity index (χ4n) is 0.364. The lowest BCUT2D eigenvalue weighted by molar-refractivity contribution is -0.670. The molecule has 6 heteroatoms. The van der Waals surface area contributed by atoms with E-state index in [0.717, 1.165) is 0 Å². The van der Waals surface area contributed by atoms with Crippen molar-refractivity contribution in [1.82, 2.24) is 4.98 Å². The molecule has 0 radical (unpaired) electrons. The smallest absolute Gasteiger partial charge is 0.241 e. The Balaban J connectivity index is 0.000000180. The average Bonchev–Trinajstić information content (AvgIpc) is 2.15. The van der Waals surface area contributed by atoms with E-state index in [0.29, 0.717) is 0 Å². The molecule has 0 atom stereocenters. The van der Waals surface area contributed by atoms with Gasteiger partial charge in [0.2, 0.25) is 6.33 Å². The molecule has 0 spiro atoms. The summed E-state index contributed by atoms with van der Waals surface area (Å²) in [6.45, 7) is 0. The number of nitrogens with zero attached hydrogens (tertiary/aromatic N) is 2. The molecule has 0 fully saturated rings. The maximum Gasteiger partial charge on any atom is 0.241 e. The van der Waals surface area contributed by atoms with E-state index in [2.05, 4.69) is 4.98 Å². The highest BCUT2D eigenvalue weighted by atomic mass is 16.9. The predicted molar refractivity (Wildman–Crippen MR) is 32.3 cm³/mol. The molecule has 1 rings (SSSR count). The van der Waals surface area contributed by atoms with Crippen molar-refractivity contribution in [1.29, 1.82) is 0 Å². The van der Waals surface area contributed by atoms with Gasteiger partial charge in [0.25, 0.3) is 0 Å². The molecule has 1 heterocycles. The highest BCUT2D eigenvalue weighted by Crippen LogP contribution is 1.59. The highest BCUT2D eigenvalue weighted by Gasteiger charge is 1.78. The second-order valence-corrected chi connectivity index (χ2v) is 1.50. The largest absolute Gasteiger partial charge is 0.356 e. The summed E-state index contributed by atoms with van der Waals surface area (Å²) in [4.78, 5) is 11.1. The van der Waals surface area contributed by atoms with Crippen molar-refractivity contribution in [3.63, 3.8) is 0 Å². The van der Waals surface area contributed by atoms with Crippen LogP contribution in [0.1, 0.15) is 0 Å². The lowest BCUT2D eigenvalue weighted by atomic mass is 10.9. The first kappa shape index (κ1) is 8.41. The highest BCUT2D eigenvalue weighted by molar-refractivity contribution is 4.54. The first-order valence-electron chi connectivity index (χ1n) is 2.42. The fourth-order valence-corrected chi connectivity index (χ4v) is 0.364. The van der Waals surface area contributed by atoms with E-state index >= 15 is 0 Å². The van der Waals surface area contributed by atoms with Gasteiger partial charge in [-0.1, -0.05) is 0 Å².